The number of amides is 8. The maximum atomic E-state index is 14.4. The number of aliphatic hydroxyl groups is 1. The van der Waals surface area contributed by atoms with Crippen LogP contribution in [-0.2, 0) is 72.0 Å². The number of nitrogens with two attached hydrogens (primary N) is 1. The third kappa shape index (κ3) is 18.1. The molecule has 0 spiro atoms. The average molecular weight is 1250 g/mol. The normalized spacial score (nSPS) is 25.8. The van der Waals surface area contributed by atoms with E-state index in [0.29, 0.717) is 61.2 Å². The number of allylic oxidation sites excluding steroid dienone is 3. The van der Waals surface area contributed by atoms with Crippen molar-refractivity contribution in [3.63, 3.8) is 0 Å². The number of ketones is 2. The zero-order valence-electron chi connectivity index (χ0n) is 52.4. The highest BCUT2D eigenvalue weighted by atomic mass is 35.5. The van der Waals surface area contributed by atoms with Crippen LogP contribution in [0.2, 0.25) is 5.02 Å². The van der Waals surface area contributed by atoms with Gasteiger partial charge in [-0.05, 0) is 87.6 Å². The maximum Gasteiger partial charge on any atom is 0.410 e. The molecule has 3 saturated heterocycles. The van der Waals surface area contributed by atoms with Crippen LogP contribution in [0, 0.1) is 29.6 Å². The number of nitrogens with one attached hydrogen (secondary N) is 3. The molecule has 2 aromatic carbocycles. The topological polar surface area (TPSA) is 312 Å². The number of esters is 1. The smallest absolute Gasteiger partial charge is 0.410 e. The van der Waals surface area contributed by atoms with Gasteiger partial charge in [-0.25, -0.2) is 19.2 Å². The number of methoxy groups -OCH3 is 1. The van der Waals surface area contributed by atoms with Gasteiger partial charge in [-0.2, -0.15) is 0 Å². The molecular formula is C64H88ClN7O16. The summed E-state index contributed by atoms with van der Waals surface area (Å²) in [5.41, 5.74) is 5.41. The first-order chi connectivity index (χ1) is 41.5. The minimum absolute atomic E-state index is 0.0113. The number of benzene rings is 2. The molecule has 2 aromatic rings. The van der Waals surface area contributed by atoms with E-state index in [1.807, 2.05) is 26.8 Å². The summed E-state index contributed by atoms with van der Waals surface area (Å²) in [5.74, 6) is -4.75. The van der Waals surface area contributed by atoms with Crippen LogP contribution >= 0.6 is 11.6 Å². The number of rotatable bonds is 24. The molecule has 23 nitrogen and oxygen atoms in total. The Bertz CT molecular complexity index is 2990. The summed E-state index contributed by atoms with van der Waals surface area (Å²) in [6.07, 6.45) is 3.41. The van der Waals surface area contributed by atoms with Crippen molar-refractivity contribution in [2.45, 2.75) is 181 Å². The summed E-state index contributed by atoms with van der Waals surface area (Å²) in [7, 11) is 4.36. The summed E-state index contributed by atoms with van der Waals surface area (Å²) in [4.78, 5) is 136. The fourth-order valence-corrected chi connectivity index (χ4v) is 11.6. The van der Waals surface area contributed by atoms with Crippen LogP contribution in [0.25, 0.3) is 0 Å². The summed E-state index contributed by atoms with van der Waals surface area (Å²) < 4.78 is 29.5. The molecule has 88 heavy (non-hydrogen) atoms. The number of epoxide rings is 1. The third-order valence-corrected chi connectivity index (χ3v) is 17.8. The monoisotopic (exact) mass is 1250 g/mol. The molecule has 0 saturated carbocycles. The molecule has 3 fully saturated rings. The highest BCUT2D eigenvalue weighted by Crippen LogP contribution is 2.49. The number of imide groups is 1. The number of alkyl carbamates (subject to hydrolysis) is 1. The van der Waals surface area contributed by atoms with E-state index in [9.17, 15) is 53.1 Å². The van der Waals surface area contributed by atoms with Crippen LogP contribution in [0.4, 0.5) is 20.1 Å². The highest BCUT2D eigenvalue weighted by Gasteiger charge is 2.64. The Labute approximate surface area is 520 Å². The molecule has 4 heterocycles. The number of fused-ring (bicyclic) bond motifs is 5. The number of hydrogen-bond acceptors (Lipinski definition) is 16. The number of Topliss-reactive ketones (excluding diaryl/α,β-unsaturated/α-hetero) is 2. The molecule has 4 bridgehead atoms. The van der Waals surface area contributed by atoms with Gasteiger partial charge in [0.1, 0.15) is 52.7 Å². The number of hydrogen-bond donors (Lipinski definition) is 5. The van der Waals surface area contributed by atoms with Crippen LogP contribution in [0.15, 0.2) is 60.2 Å². The van der Waals surface area contributed by atoms with Crippen molar-refractivity contribution in [3.05, 3.63) is 81.9 Å². The summed E-state index contributed by atoms with van der Waals surface area (Å²) in [6.45, 7) is 14.2. The Morgan fingerprint density at radius 1 is 0.966 bits per heavy atom. The van der Waals surface area contributed by atoms with Crippen LogP contribution in [0.3, 0.4) is 0 Å². The Morgan fingerprint density at radius 2 is 1.66 bits per heavy atom. The number of ether oxygens (including phenoxy) is 5. The second kappa shape index (κ2) is 30.7. The first-order valence-electron chi connectivity index (χ1n) is 30.2. The Hall–Kier alpha value is -7.37. The van der Waals surface area contributed by atoms with E-state index in [0.717, 1.165) is 16.0 Å². The fourth-order valence-electron chi connectivity index (χ4n) is 11.3. The van der Waals surface area contributed by atoms with Crippen molar-refractivity contribution >= 4 is 76.7 Å². The van der Waals surface area contributed by atoms with Gasteiger partial charge in [0.2, 0.25) is 23.6 Å². The van der Waals surface area contributed by atoms with Gasteiger partial charge < -0.3 is 50.1 Å². The average Bonchev–Trinajstić information content (AvgIpc) is 1.75. The summed E-state index contributed by atoms with van der Waals surface area (Å²) in [6, 6.07) is 7.25. The molecule has 24 heteroatoms. The van der Waals surface area contributed by atoms with E-state index in [1.165, 1.54) is 37.9 Å². The number of carbonyl (C=O) groups is 10. The number of unbranched alkanes of at least 4 members (excludes halogenated alkanes) is 2. The van der Waals surface area contributed by atoms with E-state index in [-0.39, 0.29) is 91.9 Å². The van der Waals surface area contributed by atoms with Gasteiger partial charge in [-0.1, -0.05) is 101 Å². The van der Waals surface area contributed by atoms with Gasteiger partial charge in [0, 0.05) is 83.0 Å². The summed E-state index contributed by atoms with van der Waals surface area (Å²) in [5, 5.41) is 20.0. The minimum atomic E-state index is -1.69. The zero-order valence-corrected chi connectivity index (χ0v) is 53.2. The number of primary amides is 1. The molecule has 8 amide bonds. The molecule has 4 aliphatic rings. The molecule has 0 radical (unpaired) electrons. The first kappa shape index (κ1) is 69.7. The van der Waals surface area contributed by atoms with Gasteiger partial charge >= 0.3 is 24.2 Å². The number of carbonyl (C=O) groups excluding carboxylic acids is 10. The molecule has 6 N–H and O–H groups in total. The lowest BCUT2D eigenvalue weighted by molar-refractivity contribution is -0.158. The van der Waals surface area contributed by atoms with Gasteiger partial charge in [-0.15, -0.1) is 0 Å². The lowest BCUT2D eigenvalue weighted by Crippen LogP contribution is -2.60. The Morgan fingerprint density at radius 3 is 2.31 bits per heavy atom. The highest BCUT2D eigenvalue weighted by molar-refractivity contribution is 6.35. The van der Waals surface area contributed by atoms with Gasteiger partial charge in [0.25, 0.3) is 0 Å². The second-order valence-electron chi connectivity index (χ2n) is 24.5. The fraction of sp³-hybridized carbons (Fsp3) is 0.594. The zero-order chi connectivity index (χ0) is 64.9. The van der Waals surface area contributed by atoms with E-state index in [1.54, 1.807) is 76.2 Å². The second-order valence-corrected chi connectivity index (χ2v) is 24.9. The third-order valence-electron chi connectivity index (χ3n) is 17.4. The van der Waals surface area contributed by atoms with E-state index < -0.39 is 102 Å². The number of anilines is 1. The lowest BCUT2D eigenvalue weighted by Gasteiger charge is -2.41. The van der Waals surface area contributed by atoms with Crippen molar-refractivity contribution in [3.8, 4) is 5.75 Å². The standard InChI is InChI=1S/C64H88ClN7O16/c1-36(2)46(32-45(73)19-13-12-14-26-72-54(76)28-38(4)58(72)78)57(77)68-47(20-16-25-67-60(66)80)49(74)30-42-21-23-43(24-22-42)35-85-62(82)70(9)41(7)59(79)87-52-33-53(75)71(10)48-29-44(31-50(84-11)55(48)65)27-37(3)17-15-18-39(5)64(83)34-51(86-61(81)69-64)40(6)56-63(52,8)88-56/h15,17-18,21-24,29,31,36,38-41,46-47,51-52,56,83H,12-14,16,19-20,25-28,30,32-35H2,1-11H3,(H,68,77)(H,69,81)(H3,66,67,80)/b18-15+,37-17+/t38?,39?,40?,41-,46-,47-,51?,52?,56?,63?,64?/m0/s1. The predicted molar refractivity (Wildman–Crippen MR) is 325 cm³/mol. The van der Waals surface area contributed by atoms with Crippen LogP contribution < -0.4 is 31.3 Å². The van der Waals surface area contributed by atoms with Gasteiger partial charge in [-0.3, -0.25) is 43.9 Å². The molecule has 0 aromatic heterocycles. The van der Waals surface area contributed by atoms with Gasteiger partial charge in [0.05, 0.1) is 31.4 Å². The summed E-state index contributed by atoms with van der Waals surface area (Å²) >= 11 is 6.84. The Balaban J connectivity index is 1.08. The van der Waals surface area contributed by atoms with E-state index in [4.69, 9.17) is 41.0 Å². The minimum Gasteiger partial charge on any atom is -0.495 e. The van der Waals surface area contributed by atoms with Crippen molar-refractivity contribution in [1.82, 2.24) is 25.8 Å². The van der Waals surface area contributed by atoms with E-state index >= 15 is 0 Å². The molecule has 11 atom stereocenters. The predicted octanol–water partition coefficient (Wildman–Crippen LogP) is 7.18. The SMILES string of the molecule is COc1cc2cc(c1Cl)N(C)C(=O)CC(OC(=O)[C@H](C)N(C)C(=O)OCc1ccc(CC(=O)[C@H](CCCNC(N)=O)NC(=O)[C@@H](CC(=O)CCCCCN3C(=O)CC(C)C3=O)C(C)C)cc1)C1(C)OC1C(C)C1CC(O)(NC(=O)O1)C(C)/C=C/C=C(\C)C2. The molecule has 8 unspecified atom stereocenters. The van der Waals surface area contributed by atoms with Crippen molar-refractivity contribution < 1.29 is 76.7 Å². The number of likely N-dealkylation sites (tertiary alicyclic amines) is 1. The number of likely N-dealkylation sites (N-methyl/N-ethyl adjacent to an activating group) is 1. The largest absolute Gasteiger partial charge is 0.495 e. The molecule has 4 aliphatic heterocycles. The first-order valence-corrected chi connectivity index (χ1v) is 30.6. The molecular weight excluding hydrogens is 1160 g/mol. The van der Waals surface area contributed by atoms with Gasteiger partial charge in [0.15, 0.2) is 5.78 Å². The molecule has 482 valence electrons. The van der Waals surface area contributed by atoms with E-state index in [2.05, 4.69) is 16.0 Å². The van der Waals surface area contributed by atoms with Crippen LogP contribution in [0.5, 0.6) is 5.75 Å². The number of halogens is 1. The van der Waals surface area contributed by atoms with Crippen molar-refractivity contribution in [1.29, 1.82) is 0 Å². The van der Waals surface area contributed by atoms with Crippen molar-refractivity contribution in [2.24, 2.45) is 35.3 Å². The molecule has 0 aliphatic carbocycles. The lowest BCUT2D eigenvalue weighted by atomic mass is 9.82. The quantitative estimate of drug-likeness (QED) is 0.0228. The molecule has 6 rings (SSSR count). The van der Waals surface area contributed by atoms with Crippen LogP contribution in [0.1, 0.15) is 136 Å². The maximum absolute atomic E-state index is 14.4. The van der Waals surface area contributed by atoms with Crippen LogP contribution in [-0.4, -0.2) is 150 Å². The Kier molecular flexibility index (Phi) is 24.3. The number of urea groups is 1. The number of nitrogens with zero attached hydrogens (tertiary/aromatic N) is 3. The van der Waals surface area contributed by atoms with Crippen molar-refractivity contribution in [2.75, 3.05) is 39.2 Å².